The van der Waals surface area contributed by atoms with Crippen LogP contribution in [-0.2, 0) is 15.0 Å². The Morgan fingerprint density at radius 1 is 1.35 bits per heavy atom. The normalized spacial score (nSPS) is 19.1. The van der Waals surface area contributed by atoms with Gasteiger partial charge in [-0.15, -0.1) is 0 Å². The highest BCUT2D eigenvalue weighted by molar-refractivity contribution is 7.86. The highest BCUT2D eigenvalue weighted by Crippen LogP contribution is 2.13. The smallest absolute Gasteiger partial charge is 0.277 e. The maximum Gasteiger partial charge on any atom is 0.277 e. The third-order valence-electron chi connectivity index (χ3n) is 3.40. The quantitative estimate of drug-likeness (QED) is 0.781. The Morgan fingerprint density at radius 3 is 2.40 bits per heavy atom. The van der Waals surface area contributed by atoms with Crippen LogP contribution in [0.2, 0.25) is 0 Å². The van der Waals surface area contributed by atoms with E-state index in [0.717, 1.165) is 5.56 Å². The van der Waals surface area contributed by atoms with E-state index in [1.807, 2.05) is 13.1 Å². The molecule has 2 rings (SSSR count). The molecule has 1 fully saturated rings. The largest absolute Gasteiger partial charge is 0.338 e. The van der Waals surface area contributed by atoms with Crippen molar-refractivity contribution in [3.8, 4) is 0 Å². The Kier molecular flexibility index (Phi) is 4.11. The second kappa shape index (κ2) is 5.51. The number of carbonyl (C=O) groups is 1. The van der Waals surface area contributed by atoms with Crippen LogP contribution in [0, 0.1) is 6.92 Å². The van der Waals surface area contributed by atoms with Crippen molar-refractivity contribution in [1.29, 1.82) is 0 Å². The van der Waals surface area contributed by atoms with Gasteiger partial charge >= 0.3 is 0 Å². The fourth-order valence-electron chi connectivity index (χ4n) is 2.19. The van der Waals surface area contributed by atoms with Crippen molar-refractivity contribution in [1.82, 2.24) is 19.0 Å². The molecule has 0 aliphatic carbocycles. The predicted molar refractivity (Wildman–Crippen MR) is 72.9 cm³/mol. The van der Waals surface area contributed by atoms with E-state index in [1.165, 1.54) is 4.31 Å². The van der Waals surface area contributed by atoms with E-state index in [1.54, 1.807) is 22.7 Å². The molecule has 1 amide bonds. The van der Waals surface area contributed by atoms with Crippen LogP contribution in [0.1, 0.15) is 18.5 Å². The zero-order chi connectivity index (χ0) is 14.9. The summed E-state index contributed by atoms with van der Waals surface area (Å²) in [5.41, 5.74) is 0.990. The fourth-order valence-corrected chi connectivity index (χ4v) is 2.86. The van der Waals surface area contributed by atoms with Gasteiger partial charge in [0.05, 0.1) is 6.20 Å². The molecule has 1 atom stereocenters. The molecule has 0 spiro atoms. The van der Waals surface area contributed by atoms with Crippen molar-refractivity contribution in [3.05, 3.63) is 18.0 Å². The first kappa shape index (κ1) is 14.9. The second-order valence-electron chi connectivity index (χ2n) is 4.94. The number of aromatic nitrogens is 2. The molecule has 0 saturated carbocycles. The summed E-state index contributed by atoms with van der Waals surface area (Å²) in [6, 6.07) is -0.398. The number of carbonyl (C=O) groups excluding carboxylic acids is 1. The van der Waals surface area contributed by atoms with E-state index in [2.05, 4.69) is 5.10 Å². The summed E-state index contributed by atoms with van der Waals surface area (Å²) in [5.74, 6) is -0.0674. The minimum Gasteiger partial charge on any atom is -0.338 e. The first-order valence-corrected chi connectivity index (χ1v) is 7.87. The first-order valence-electron chi connectivity index (χ1n) is 6.36. The molecule has 0 bridgehead atoms. The number of hydrogen-bond donors (Lipinski definition) is 1. The molecule has 1 aromatic heterocycles. The molecule has 1 saturated heterocycles. The lowest BCUT2D eigenvalue weighted by molar-refractivity contribution is -0.135. The van der Waals surface area contributed by atoms with E-state index >= 15 is 0 Å². The van der Waals surface area contributed by atoms with Gasteiger partial charge < -0.3 is 4.90 Å². The number of nitrogens with zero attached hydrogens (tertiary/aromatic N) is 4. The van der Waals surface area contributed by atoms with Crippen LogP contribution < -0.4 is 5.14 Å². The molecule has 1 aliphatic heterocycles. The standard InChI is InChI=1S/C11H19N5O3S/c1-9-7-13-16(8-9)10(2)11(17)14-3-5-15(6-4-14)20(12,18)19/h7-8,10H,3-6H2,1-2H3,(H2,12,18,19)/t10-/m0/s1. The third-order valence-corrected chi connectivity index (χ3v) is 4.48. The molecular weight excluding hydrogens is 282 g/mol. The topological polar surface area (TPSA) is 102 Å². The zero-order valence-electron chi connectivity index (χ0n) is 11.6. The molecule has 9 heteroatoms. The van der Waals surface area contributed by atoms with Crippen molar-refractivity contribution in [2.75, 3.05) is 26.2 Å². The van der Waals surface area contributed by atoms with Crippen LogP contribution in [0.4, 0.5) is 0 Å². The van der Waals surface area contributed by atoms with Crippen LogP contribution in [0.25, 0.3) is 0 Å². The second-order valence-corrected chi connectivity index (χ2v) is 6.49. The molecule has 112 valence electrons. The summed E-state index contributed by atoms with van der Waals surface area (Å²) in [5, 5.41) is 9.19. The first-order chi connectivity index (χ1) is 9.29. The fraction of sp³-hybridized carbons (Fsp3) is 0.636. The number of nitrogens with two attached hydrogens (primary N) is 1. The molecule has 8 nitrogen and oxygen atoms in total. The average molecular weight is 301 g/mol. The molecule has 0 aromatic carbocycles. The predicted octanol–water partition coefficient (Wildman–Crippen LogP) is -0.900. The van der Waals surface area contributed by atoms with E-state index in [0.29, 0.717) is 13.1 Å². The van der Waals surface area contributed by atoms with Crippen LogP contribution >= 0.6 is 0 Å². The van der Waals surface area contributed by atoms with Gasteiger partial charge in [0.1, 0.15) is 6.04 Å². The Balaban J connectivity index is 1.98. The van der Waals surface area contributed by atoms with Crippen molar-refractivity contribution < 1.29 is 13.2 Å². The molecule has 2 N–H and O–H groups in total. The summed E-state index contributed by atoms with van der Waals surface area (Å²) < 4.78 is 25.2. The highest BCUT2D eigenvalue weighted by Gasteiger charge is 2.29. The SMILES string of the molecule is Cc1cnn([C@@H](C)C(=O)N2CCN(S(N)(=O)=O)CC2)c1. The average Bonchev–Trinajstić information content (AvgIpc) is 2.83. The summed E-state index contributed by atoms with van der Waals surface area (Å²) in [4.78, 5) is 14.0. The van der Waals surface area contributed by atoms with Crippen molar-refractivity contribution in [2.45, 2.75) is 19.9 Å². The van der Waals surface area contributed by atoms with Crippen LogP contribution in [0.3, 0.4) is 0 Å². The number of amides is 1. The summed E-state index contributed by atoms with van der Waals surface area (Å²) in [6.45, 7) is 4.84. The van der Waals surface area contributed by atoms with Gasteiger partial charge in [0, 0.05) is 32.4 Å². The lowest BCUT2D eigenvalue weighted by Crippen LogP contribution is -2.53. The van der Waals surface area contributed by atoms with Gasteiger partial charge in [-0.2, -0.15) is 17.8 Å². The minimum atomic E-state index is -3.67. The van der Waals surface area contributed by atoms with Gasteiger partial charge in [-0.1, -0.05) is 0 Å². The van der Waals surface area contributed by atoms with Gasteiger partial charge in [-0.05, 0) is 19.4 Å². The molecule has 0 unspecified atom stereocenters. The maximum absolute atomic E-state index is 12.3. The summed E-state index contributed by atoms with van der Waals surface area (Å²) >= 11 is 0. The maximum atomic E-state index is 12.3. The summed E-state index contributed by atoms with van der Waals surface area (Å²) in [6.07, 6.45) is 3.51. The summed E-state index contributed by atoms with van der Waals surface area (Å²) in [7, 11) is -3.67. The van der Waals surface area contributed by atoms with E-state index in [9.17, 15) is 13.2 Å². The van der Waals surface area contributed by atoms with Gasteiger partial charge in [0.2, 0.25) is 5.91 Å². The minimum absolute atomic E-state index is 0.0674. The van der Waals surface area contributed by atoms with Crippen molar-refractivity contribution in [2.24, 2.45) is 5.14 Å². The lowest BCUT2D eigenvalue weighted by Gasteiger charge is -2.34. The Morgan fingerprint density at radius 2 is 1.95 bits per heavy atom. The molecule has 20 heavy (non-hydrogen) atoms. The van der Waals surface area contributed by atoms with Crippen LogP contribution in [-0.4, -0.2) is 59.5 Å². The molecular formula is C11H19N5O3S. The van der Waals surface area contributed by atoms with Gasteiger partial charge in [-0.3, -0.25) is 9.48 Å². The van der Waals surface area contributed by atoms with E-state index < -0.39 is 16.3 Å². The lowest BCUT2D eigenvalue weighted by atomic mass is 10.2. The highest BCUT2D eigenvalue weighted by atomic mass is 32.2. The van der Waals surface area contributed by atoms with E-state index in [-0.39, 0.29) is 19.0 Å². The number of aryl methyl sites for hydroxylation is 1. The third kappa shape index (κ3) is 3.17. The van der Waals surface area contributed by atoms with Crippen molar-refractivity contribution in [3.63, 3.8) is 0 Å². The van der Waals surface area contributed by atoms with Gasteiger partial charge in [0.25, 0.3) is 10.2 Å². The zero-order valence-corrected chi connectivity index (χ0v) is 12.4. The van der Waals surface area contributed by atoms with Crippen LogP contribution in [0.15, 0.2) is 12.4 Å². The Labute approximate surface area is 118 Å². The number of hydrogen-bond acceptors (Lipinski definition) is 4. The molecule has 1 aromatic rings. The Hall–Kier alpha value is -1.45. The van der Waals surface area contributed by atoms with Gasteiger partial charge in [-0.25, -0.2) is 5.14 Å². The van der Waals surface area contributed by atoms with E-state index in [4.69, 9.17) is 5.14 Å². The molecule has 0 radical (unpaired) electrons. The van der Waals surface area contributed by atoms with Crippen molar-refractivity contribution >= 4 is 16.1 Å². The van der Waals surface area contributed by atoms with Gasteiger partial charge in [0.15, 0.2) is 0 Å². The Bertz CT molecular complexity index is 589. The number of piperazine rings is 1. The monoisotopic (exact) mass is 301 g/mol. The molecule has 1 aliphatic rings. The molecule has 2 heterocycles. The number of rotatable bonds is 3. The van der Waals surface area contributed by atoms with Crippen LogP contribution in [0.5, 0.6) is 0 Å².